The smallest absolute Gasteiger partial charge is 0.325 e. The predicted octanol–water partition coefficient (Wildman–Crippen LogP) is -2.09. The zero-order valence-electron chi connectivity index (χ0n) is 10.2. The Morgan fingerprint density at radius 2 is 2.11 bits per heavy atom. The van der Waals surface area contributed by atoms with Gasteiger partial charge in [-0.25, -0.2) is 9.48 Å². The molecule has 0 aliphatic rings. The highest BCUT2D eigenvalue weighted by atomic mass is 16.4. The number of aromatic nitrogens is 3. The molecule has 10 nitrogen and oxygen atoms in total. The van der Waals surface area contributed by atoms with Crippen LogP contribution in [0.2, 0.25) is 0 Å². The fraction of sp³-hybridized carbons (Fsp3) is 0.444. The van der Waals surface area contributed by atoms with Gasteiger partial charge < -0.3 is 21.1 Å². The monoisotopic (exact) mass is 270 g/mol. The average molecular weight is 270 g/mol. The summed E-state index contributed by atoms with van der Waals surface area (Å²) in [4.78, 5) is 32.5. The van der Waals surface area contributed by atoms with E-state index in [1.807, 2.05) is 0 Å². The van der Waals surface area contributed by atoms with Gasteiger partial charge in [0.05, 0.1) is 19.3 Å². The van der Waals surface area contributed by atoms with Crippen molar-refractivity contribution in [2.75, 3.05) is 13.6 Å². The fourth-order valence-electron chi connectivity index (χ4n) is 1.12. The number of carboxylic acid groups (broad SMARTS) is 1. The van der Waals surface area contributed by atoms with E-state index in [9.17, 15) is 14.4 Å². The van der Waals surface area contributed by atoms with Gasteiger partial charge in [-0.05, 0) is 0 Å². The SMILES string of the molecule is CNC(=O)CNC(=O)NCc1cn(CC(=O)O)nn1. The summed E-state index contributed by atoms with van der Waals surface area (Å²) in [5.41, 5.74) is 0.413. The van der Waals surface area contributed by atoms with Gasteiger partial charge in [0.15, 0.2) is 0 Å². The van der Waals surface area contributed by atoms with Gasteiger partial charge in [0, 0.05) is 7.05 Å². The van der Waals surface area contributed by atoms with Crippen LogP contribution in [0, 0.1) is 0 Å². The maximum Gasteiger partial charge on any atom is 0.325 e. The van der Waals surface area contributed by atoms with Crippen LogP contribution in [0.1, 0.15) is 5.69 Å². The third-order valence-corrected chi connectivity index (χ3v) is 2.00. The van der Waals surface area contributed by atoms with E-state index in [1.165, 1.54) is 13.2 Å². The first kappa shape index (κ1) is 14.4. The molecule has 1 aromatic heterocycles. The Labute approximate surface area is 108 Å². The molecule has 19 heavy (non-hydrogen) atoms. The molecule has 0 aliphatic carbocycles. The molecule has 0 radical (unpaired) electrons. The zero-order valence-corrected chi connectivity index (χ0v) is 10.2. The second-order valence-electron chi connectivity index (χ2n) is 3.51. The van der Waals surface area contributed by atoms with E-state index in [-0.39, 0.29) is 25.5 Å². The van der Waals surface area contributed by atoms with Gasteiger partial charge in [0.1, 0.15) is 12.2 Å². The van der Waals surface area contributed by atoms with Crippen molar-refractivity contribution in [2.24, 2.45) is 0 Å². The summed E-state index contributed by atoms with van der Waals surface area (Å²) < 4.78 is 1.14. The third-order valence-electron chi connectivity index (χ3n) is 2.00. The number of urea groups is 1. The van der Waals surface area contributed by atoms with E-state index in [0.29, 0.717) is 5.69 Å². The Bertz CT molecular complexity index is 471. The Morgan fingerprint density at radius 1 is 1.37 bits per heavy atom. The summed E-state index contributed by atoms with van der Waals surface area (Å²) in [6, 6.07) is -0.531. The highest BCUT2D eigenvalue weighted by molar-refractivity contribution is 5.83. The van der Waals surface area contributed by atoms with Crippen LogP contribution in [0.5, 0.6) is 0 Å². The number of carbonyl (C=O) groups is 3. The predicted molar refractivity (Wildman–Crippen MR) is 62.0 cm³/mol. The first-order valence-corrected chi connectivity index (χ1v) is 5.34. The maximum absolute atomic E-state index is 11.3. The zero-order chi connectivity index (χ0) is 14.3. The summed E-state index contributed by atoms with van der Waals surface area (Å²) in [6.45, 7) is -0.344. The fourth-order valence-corrected chi connectivity index (χ4v) is 1.12. The van der Waals surface area contributed by atoms with Crippen molar-refractivity contribution >= 4 is 17.9 Å². The molecular formula is C9H14N6O4. The molecule has 0 saturated carbocycles. The first-order chi connectivity index (χ1) is 9.01. The molecule has 1 rings (SSSR count). The van der Waals surface area contributed by atoms with Gasteiger partial charge in [-0.3, -0.25) is 9.59 Å². The van der Waals surface area contributed by atoms with Gasteiger partial charge in [-0.2, -0.15) is 0 Å². The first-order valence-electron chi connectivity index (χ1n) is 5.34. The Morgan fingerprint density at radius 3 is 2.74 bits per heavy atom. The summed E-state index contributed by atoms with van der Waals surface area (Å²) in [5.74, 6) is -1.35. The summed E-state index contributed by atoms with van der Waals surface area (Å²) in [7, 11) is 1.46. The minimum Gasteiger partial charge on any atom is -0.480 e. The lowest BCUT2D eigenvalue weighted by atomic mass is 10.4. The number of hydrogen-bond acceptors (Lipinski definition) is 5. The summed E-state index contributed by atoms with van der Waals surface area (Å²) >= 11 is 0. The van der Waals surface area contributed by atoms with Gasteiger partial charge in [0.2, 0.25) is 5.91 Å². The second-order valence-corrected chi connectivity index (χ2v) is 3.51. The number of nitrogens with zero attached hydrogens (tertiary/aromatic N) is 3. The molecule has 1 heterocycles. The van der Waals surface area contributed by atoms with Crippen molar-refractivity contribution in [1.82, 2.24) is 30.9 Å². The van der Waals surface area contributed by atoms with Crippen LogP contribution in [0.3, 0.4) is 0 Å². The molecule has 0 fully saturated rings. The van der Waals surface area contributed by atoms with Crippen molar-refractivity contribution in [3.63, 3.8) is 0 Å². The molecule has 0 atom stereocenters. The Kier molecular flexibility index (Phi) is 5.26. The van der Waals surface area contributed by atoms with Crippen LogP contribution in [-0.2, 0) is 22.7 Å². The largest absolute Gasteiger partial charge is 0.480 e. The molecule has 1 aromatic rings. The minimum atomic E-state index is -1.03. The molecule has 4 N–H and O–H groups in total. The van der Waals surface area contributed by atoms with Gasteiger partial charge in [0.25, 0.3) is 0 Å². The molecule has 0 aliphatic heterocycles. The van der Waals surface area contributed by atoms with E-state index in [0.717, 1.165) is 4.68 Å². The number of rotatable bonds is 6. The van der Waals surface area contributed by atoms with E-state index in [1.54, 1.807) is 0 Å². The Balaban J connectivity index is 2.32. The number of hydrogen-bond donors (Lipinski definition) is 4. The number of carbonyl (C=O) groups excluding carboxylic acids is 2. The number of amides is 3. The maximum atomic E-state index is 11.3. The summed E-state index contributed by atoms with van der Waals surface area (Å²) in [5, 5.41) is 22.9. The molecular weight excluding hydrogens is 256 g/mol. The Hall–Kier alpha value is -2.65. The van der Waals surface area contributed by atoms with E-state index >= 15 is 0 Å². The molecule has 10 heteroatoms. The highest BCUT2D eigenvalue weighted by Gasteiger charge is 2.06. The molecule has 0 saturated heterocycles. The lowest BCUT2D eigenvalue weighted by Gasteiger charge is -2.04. The standard InChI is InChI=1S/C9H14N6O4/c1-10-7(16)3-12-9(19)11-2-6-4-15(14-13-6)5-8(17)18/h4H,2-3,5H2,1H3,(H,10,16)(H,17,18)(H2,11,12,19). The minimum absolute atomic E-state index is 0.0825. The van der Waals surface area contributed by atoms with Crippen LogP contribution < -0.4 is 16.0 Å². The van der Waals surface area contributed by atoms with Crippen molar-refractivity contribution < 1.29 is 19.5 Å². The number of aliphatic carboxylic acids is 1. The van der Waals surface area contributed by atoms with Crippen LogP contribution >= 0.6 is 0 Å². The van der Waals surface area contributed by atoms with Crippen molar-refractivity contribution in [1.29, 1.82) is 0 Å². The van der Waals surface area contributed by atoms with E-state index < -0.39 is 12.0 Å². The van der Waals surface area contributed by atoms with Crippen LogP contribution in [-0.4, -0.2) is 51.6 Å². The normalized spacial score (nSPS) is 9.74. The number of nitrogens with one attached hydrogen (secondary N) is 3. The molecule has 0 aromatic carbocycles. The third kappa shape index (κ3) is 5.48. The van der Waals surface area contributed by atoms with Crippen molar-refractivity contribution in [2.45, 2.75) is 13.1 Å². The van der Waals surface area contributed by atoms with Gasteiger partial charge in [-0.1, -0.05) is 5.21 Å². The van der Waals surface area contributed by atoms with Crippen LogP contribution in [0.15, 0.2) is 6.20 Å². The number of carboxylic acids is 1. The molecule has 0 unspecified atom stereocenters. The molecule has 104 valence electrons. The lowest BCUT2D eigenvalue weighted by molar-refractivity contribution is -0.137. The highest BCUT2D eigenvalue weighted by Crippen LogP contribution is 1.92. The lowest BCUT2D eigenvalue weighted by Crippen LogP contribution is -2.40. The molecule has 0 bridgehead atoms. The average Bonchev–Trinajstić information content (AvgIpc) is 2.80. The molecule has 3 amide bonds. The van der Waals surface area contributed by atoms with E-state index in [4.69, 9.17) is 5.11 Å². The number of likely N-dealkylation sites (N-methyl/N-ethyl adjacent to an activating group) is 1. The van der Waals surface area contributed by atoms with Gasteiger partial charge >= 0.3 is 12.0 Å². The van der Waals surface area contributed by atoms with E-state index in [2.05, 4.69) is 26.3 Å². The van der Waals surface area contributed by atoms with Crippen molar-refractivity contribution in [3.05, 3.63) is 11.9 Å². The second kappa shape index (κ2) is 6.93. The summed E-state index contributed by atoms with van der Waals surface area (Å²) in [6.07, 6.45) is 1.41. The van der Waals surface area contributed by atoms with Gasteiger partial charge in [-0.15, -0.1) is 5.10 Å². The molecule has 0 spiro atoms. The van der Waals surface area contributed by atoms with Crippen LogP contribution in [0.25, 0.3) is 0 Å². The van der Waals surface area contributed by atoms with Crippen molar-refractivity contribution in [3.8, 4) is 0 Å². The topological polar surface area (TPSA) is 138 Å². The quantitative estimate of drug-likeness (QED) is 0.467. The van der Waals surface area contributed by atoms with Crippen LogP contribution in [0.4, 0.5) is 4.79 Å².